The van der Waals surface area contributed by atoms with E-state index in [-0.39, 0.29) is 0 Å². The third kappa shape index (κ3) is 2.80. The van der Waals surface area contributed by atoms with Gasteiger partial charge in [-0.25, -0.2) is 0 Å². The summed E-state index contributed by atoms with van der Waals surface area (Å²) in [7, 11) is 0. The van der Waals surface area contributed by atoms with Gasteiger partial charge in [-0.2, -0.15) is 0 Å². The second-order valence-corrected chi connectivity index (χ2v) is 5.07. The molecule has 0 aliphatic rings. The standard InChI is InChI=1S/C14H15BrN2/c1-9-3-5-11(15)7-13(9)17-14-8-12(16)6-4-10(14)2/h3-8,17H,16H2,1-2H3. The van der Waals surface area contributed by atoms with Crippen molar-refractivity contribution in [3.05, 3.63) is 52.0 Å². The van der Waals surface area contributed by atoms with E-state index in [1.165, 1.54) is 11.1 Å². The van der Waals surface area contributed by atoms with Crippen molar-refractivity contribution in [2.24, 2.45) is 0 Å². The van der Waals surface area contributed by atoms with E-state index >= 15 is 0 Å². The molecule has 2 nitrogen and oxygen atoms in total. The molecule has 2 aromatic carbocycles. The highest BCUT2D eigenvalue weighted by atomic mass is 79.9. The van der Waals surface area contributed by atoms with Crippen molar-refractivity contribution >= 4 is 33.0 Å². The molecule has 0 saturated heterocycles. The zero-order valence-corrected chi connectivity index (χ0v) is 11.5. The molecule has 0 aromatic heterocycles. The molecule has 2 rings (SSSR count). The van der Waals surface area contributed by atoms with Gasteiger partial charge in [0.1, 0.15) is 0 Å². The first kappa shape index (κ1) is 12.0. The molecule has 3 heteroatoms. The maximum absolute atomic E-state index is 5.80. The van der Waals surface area contributed by atoms with E-state index in [2.05, 4.69) is 47.2 Å². The van der Waals surface area contributed by atoms with E-state index in [0.29, 0.717) is 0 Å². The van der Waals surface area contributed by atoms with Crippen LogP contribution in [0, 0.1) is 13.8 Å². The van der Waals surface area contributed by atoms with Crippen molar-refractivity contribution in [2.45, 2.75) is 13.8 Å². The Morgan fingerprint density at radius 1 is 0.941 bits per heavy atom. The van der Waals surface area contributed by atoms with Crippen molar-refractivity contribution in [3.8, 4) is 0 Å². The summed E-state index contributed by atoms with van der Waals surface area (Å²) >= 11 is 3.48. The van der Waals surface area contributed by atoms with Crippen molar-refractivity contribution in [1.82, 2.24) is 0 Å². The van der Waals surface area contributed by atoms with Gasteiger partial charge < -0.3 is 11.1 Å². The highest BCUT2D eigenvalue weighted by molar-refractivity contribution is 9.10. The molecule has 0 bridgehead atoms. The van der Waals surface area contributed by atoms with Crippen LogP contribution in [0.15, 0.2) is 40.9 Å². The Hall–Kier alpha value is -1.48. The second kappa shape index (κ2) is 4.80. The minimum absolute atomic E-state index is 0.769. The molecule has 0 unspecified atom stereocenters. The Bertz CT molecular complexity index is 500. The van der Waals surface area contributed by atoms with E-state index in [1.54, 1.807) is 0 Å². The number of halogens is 1. The van der Waals surface area contributed by atoms with Gasteiger partial charge in [-0.15, -0.1) is 0 Å². The molecule has 0 aliphatic carbocycles. The largest absolute Gasteiger partial charge is 0.399 e. The van der Waals surface area contributed by atoms with Gasteiger partial charge in [0.05, 0.1) is 0 Å². The van der Waals surface area contributed by atoms with E-state index in [9.17, 15) is 0 Å². The van der Waals surface area contributed by atoms with Crippen molar-refractivity contribution < 1.29 is 0 Å². The van der Waals surface area contributed by atoms with Gasteiger partial charge in [-0.1, -0.05) is 28.1 Å². The van der Waals surface area contributed by atoms with Crippen LogP contribution in [-0.2, 0) is 0 Å². The summed E-state index contributed by atoms with van der Waals surface area (Å²) in [4.78, 5) is 0. The summed E-state index contributed by atoms with van der Waals surface area (Å²) < 4.78 is 1.06. The zero-order valence-electron chi connectivity index (χ0n) is 9.92. The van der Waals surface area contributed by atoms with E-state index < -0.39 is 0 Å². The lowest BCUT2D eigenvalue weighted by Gasteiger charge is -2.13. The molecule has 0 amide bonds. The van der Waals surface area contributed by atoms with Crippen LogP contribution in [0.3, 0.4) is 0 Å². The number of hydrogen-bond acceptors (Lipinski definition) is 2. The van der Waals surface area contributed by atoms with Gasteiger partial charge >= 0.3 is 0 Å². The van der Waals surface area contributed by atoms with Gasteiger partial charge in [0, 0.05) is 21.5 Å². The summed E-state index contributed by atoms with van der Waals surface area (Å²) in [6.07, 6.45) is 0. The van der Waals surface area contributed by atoms with Crippen LogP contribution in [0.2, 0.25) is 0 Å². The molecule has 0 fully saturated rings. The summed E-state index contributed by atoms with van der Waals surface area (Å²) in [5, 5.41) is 3.41. The Kier molecular flexibility index (Phi) is 3.38. The average Bonchev–Trinajstić information content (AvgIpc) is 2.28. The molecule has 0 radical (unpaired) electrons. The molecule has 3 N–H and O–H groups in total. The fraction of sp³-hybridized carbons (Fsp3) is 0.143. The SMILES string of the molecule is Cc1ccc(N)cc1Nc1cc(Br)ccc1C. The lowest BCUT2D eigenvalue weighted by molar-refractivity contribution is 1.38. The minimum Gasteiger partial charge on any atom is -0.399 e. The number of aryl methyl sites for hydroxylation is 2. The predicted octanol–water partition coefficient (Wildman–Crippen LogP) is 4.39. The number of rotatable bonds is 2. The fourth-order valence-electron chi connectivity index (χ4n) is 1.65. The molecule has 88 valence electrons. The molecular weight excluding hydrogens is 276 g/mol. The molecular formula is C14H15BrN2. The highest BCUT2D eigenvalue weighted by Gasteiger charge is 2.03. The molecule has 0 saturated carbocycles. The number of anilines is 3. The van der Waals surface area contributed by atoms with Crippen LogP contribution in [0.25, 0.3) is 0 Å². The third-order valence-corrected chi connectivity index (χ3v) is 3.22. The van der Waals surface area contributed by atoms with Crippen LogP contribution in [0.4, 0.5) is 17.1 Å². The van der Waals surface area contributed by atoms with Gasteiger partial charge in [-0.3, -0.25) is 0 Å². The maximum Gasteiger partial charge on any atom is 0.0434 e. The predicted molar refractivity (Wildman–Crippen MR) is 77.8 cm³/mol. The topological polar surface area (TPSA) is 38.0 Å². The van der Waals surface area contributed by atoms with Crippen LogP contribution < -0.4 is 11.1 Å². The number of nitrogens with one attached hydrogen (secondary N) is 1. The molecule has 0 aliphatic heterocycles. The first-order valence-corrected chi connectivity index (χ1v) is 6.25. The molecule has 0 atom stereocenters. The number of hydrogen-bond donors (Lipinski definition) is 2. The Morgan fingerprint density at radius 2 is 1.53 bits per heavy atom. The van der Waals surface area contributed by atoms with Crippen molar-refractivity contribution in [2.75, 3.05) is 11.1 Å². The van der Waals surface area contributed by atoms with Crippen LogP contribution in [0.5, 0.6) is 0 Å². The lowest BCUT2D eigenvalue weighted by atomic mass is 10.1. The summed E-state index contributed by atoms with van der Waals surface area (Å²) in [6.45, 7) is 4.14. The van der Waals surface area contributed by atoms with Crippen LogP contribution in [-0.4, -0.2) is 0 Å². The number of nitrogen functional groups attached to an aromatic ring is 1. The maximum atomic E-state index is 5.80. The quantitative estimate of drug-likeness (QED) is 0.805. The fourth-order valence-corrected chi connectivity index (χ4v) is 2.01. The third-order valence-electron chi connectivity index (χ3n) is 2.73. The van der Waals surface area contributed by atoms with E-state index in [4.69, 9.17) is 5.73 Å². The Labute approximate surface area is 110 Å². The first-order valence-electron chi connectivity index (χ1n) is 5.45. The number of benzene rings is 2. The average molecular weight is 291 g/mol. The van der Waals surface area contributed by atoms with Gasteiger partial charge in [-0.05, 0) is 49.2 Å². The van der Waals surface area contributed by atoms with Crippen LogP contribution in [0.1, 0.15) is 11.1 Å². The van der Waals surface area contributed by atoms with E-state index in [0.717, 1.165) is 21.5 Å². The summed E-state index contributed by atoms with van der Waals surface area (Å²) in [6, 6.07) is 12.1. The molecule has 2 aromatic rings. The summed E-state index contributed by atoms with van der Waals surface area (Å²) in [5.41, 5.74) is 11.1. The zero-order chi connectivity index (χ0) is 12.4. The van der Waals surface area contributed by atoms with Crippen molar-refractivity contribution in [1.29, 1.82) is 0 Å². The molecule has 0 heterocycles. The minimum atomic E-state index is 0.769. The van der Waals surface area contributed by atoms with Gasteiger partial charge in [0.15, 0.2) is 0 Å². The molecule has 17 heavy (non-hydrogen) atoms. The normalized spacial score (nSPS) is 10.3. The highest BCUT2D eigenvalue weighted by Crippen LogP contribution is 2.27. The van der Waals surface area contributed by atoms with Crippen molar-refractivity contribution in [3.63, 3.8) is 0 Å². The number of nitrogens with two attached hydrogens (primary N) is 1. The van der Waals surface area contributed by atoms with Gasteiger partial charge in [0.25, 0.3) is 0 Å². The van der Waals surface area contributed by atoms with Gasteiger partial charge in [0.2, 0.25) is 0 Å². The second-order valence-electron chi connectivity index (χ2n) is 4.16. The Balaban J connectivity index is 2.37. The Morgan fingerprint density at radius 3 is 2.24 bits per heavy atom. The monoisotopic (exact) mass is 290 g/mol. The molecule has 0 spiro atoms. The lowest BCUT2D eigenvalue weighted by Crippen LogP contribution is -1.97. The smallest absolute Gasteiger partial charge is 0.0434 e. The first-order chi connectivity index (χ1) is 8.06. The summed E-state index contributed by atoms with van der Waals surface area (Å²) in [5.74, 6) is 0. The van der Waals surface area contributed by atoms with Crippen LogP contribution >= 0.6 is 15.9 Å². The van der Waals surface area contributed by atoms with E-state index in [1.807, 2.05) is 24.3 Å².